The van der Waals surface area contributed by atoms with E-state index in [1.54, 1.807) is 12.1 Å². The molecule has 1 nitrogen and oxygen atoms in total. The molecule has 0 aromatic heterocycles. The topological polar surface area (TPSA) is 9.23 Å². The lowest BCUT2D eigenvalue weighted by Crippen LogP contribution is -2.15. The molecular weight excluding hydrogens is 331 g/mol. The highest BCUT2D eigenvalue weighted by Gasteiger charge is 2.23. The van der Waals surface area contributed by atoms with Gasteiger partial charge in [-0.3, -0.25) is 0 Å². The van der Waals surface area contributed by atoms with Crippen molar-refractivity contribution in [3.63, 3.8) is 0 Å². The first-order valence-corrected chi connectivity index (χ1v) is 7.83. The number of benzene rings is 2. The standard InChI is InChI=1S/C18H20BrFO/c1-18(2,3)15-8-6-5-7-13(15)17(19)14-10-9-12(21-4)11-16(14)20/h5-11,17H,1-4H3. The van der Waals surface area contributed by atoms with Crippen molar-refractivity contribution in [2.45, 2.75) is 31.0 Å². The van der Waals surface area contributed by atoms with Crippen LogP contribution in [0.2, 0.25) is 0 Å². The van der Waals surface area contributed by atoms with Crippen LogP contribution in [0.1, 0.15) is 42.3 Å². The molecule has 3 heteroatoms. The highest BCUT2D eigenvalue weighted by Crippen LogP contribution is 2.39. The molecule has 0 aliphatic rings. The minimum Gasteiger partial charge on any atom is -0.497 e. The molecule has 1 atom stereocenters. The molecule has 0 radical (unpaired) electrons. The lowest BCUT2D eigenvalue weighted by molar-refractivity contribution is 0.411. The van der Waals surface area contributed by atoms with Gasteiger partial charge in [-0.2, -0.15) is 0 Å². The molecule has 0 saturated heterocycles. The van der Waals surface area contributed by atoms with E-state index < -0.39 is 0 Å². The average Bonchev–Trinajstić information content (AvgIpc) is 2.45. The molecule has 2 rings (SSSR count). The summed E-state index contributed by atoms with van der Waals surface area (Å²) in [6, 6.07) is 13.1. The first-order chi connectivity index (χ1) is 9.84. The van der Waals surface area contributed by atoms with Crippen LogP contribution in [0.4, 0.5) is 4.39 Å². The van der Waals surface area contributed by atoms with Gasteiger partial charge in [-0.15, -0.1) is 0 Å². The Morgan fingerprint density at radius 1 is 1.05 bits per heavy atom. The Bertz CT molecular complexity index is 631. The quantitative estimate of drug-likeness (QED) is 0.653. The summed E-state index contributed by atoms with van der Waals surface area (Å²) in [5.41, 5.74) is 2.93. The maximum absolute atomic E-state index is 14.3. The summed E-state index contributed by atoms with van der Waals surface area (Å²) in [5.74, 6) is 0.264. The van der Waals surface area contributed by atoms with Gasteiger partial charge in [0.1, 0.15) is 11.6 Å². The van der Waals surface area contributed by atoms with E-state index >= 15 is 0 Å². The van der Waals surface area contributed by atoms with E-state index in [4.69, 9.17) is 4.74 Å². The van der Waals surface area contributed by atoms with Gasteiger partial charge in [-0.05, 0) is 22.6 Å². The van der Waals surface area contributed by atoms with Gasteiger partial charge in [0.25, 0.3) is 0 Å². The van der Waals surface area contributed by atoms with Crippen LogP contribution < -0.4 is 4.74 Å². The highest BCUT2D eigenvalue weighted by atomic mass is 79.9. The molecule has 0 bridgehead atoms. The SMILES string of the molecule is COc1ccc(C(Br)c2ccccc2C(C)(C)C)c(F)c1. The second kappa shape index (κ2) is 6.18. The predicted octanol–water partition coefficient (Wildman–Crippen LogP) is 5.62. The molecule has 2 aromatic carbocycles. The van der Waals surface area contributed by atoms with E-state index in [0.717, 1.165) is 5.56 Å². The zero-order valence-corrected chi connectivity index (χ0v) is 14.4. The van der Waals surface area contributed by atoms with E-state index in [0.29, 0.717) is 11.3 Å². The van der Waals surface area contributed by atoms with Crippen molar-refractivity contribution < 1.29 is 9.13 Å². The number of rotatable bonds is 3. The third-order valence-electron chi connectivity index (χ3n) is 3.52. The van der Waals surface area contributed by atoms with Gasteiger partial charge in [0, 0.05) is 11.6 Å². The van der Waals surface area contributed by atoms with E-state index in [9.17, 15) is 4.39 Å². The molecule has 0 fully saturated rings. The molecule has 0 aliphatic heterocycles. The zero-order chi connectivity index (χ0) is 15.6. The average molecular weight is 351 g/mol. The molecule has 0 spiro atoms. The number of hydrogen-bond donors (Lipinski definition) is 0. The van der Waals surface area contributed by atoms with Crippen molar-refractivity contribution in [1.82, 2.24) is 0 Å². The second-order valence-electron chi connectivity index (χ2n) is 6.09. The van der Waals surface area contributed by atoms with Crippen molar-refractivity contribution >= 4 is 15.9 Å². The van der Waals surface area contributed by atoms with Crippen molar-refractivity contribution in [2.75, 3.05) is 7.11 Å². The molecule has 1 unspecified atom stereocenters. The van der Waals surface area contributed by atoms with Crippen molar-refractivity contribution in [3.8, 4) is 5.75 Å². The first kappa shape index (κ1) is 16.0. The van der Waals surface area contributed by atoms with Crippen molar-refractivity contribution in [1.29, 1.82) is 0 Å². The summed E-state index contributed by atoms with van der Waals surface area (Å²) in [4.78, 5) is -0.182. The van der Waals surface area contributed by atoms with E-state index in [2.05, 4.69) is 42.8 Å². The normalized spacial score (nSPS) is 13.0. The van der Waals surface area contributed by atoms with Crippen LogP contribution in [0.3, 0.4) is 0 Å². The molecule has 0 aliphatic carbocycles. The predicted molar refractivity (Wildman–Crippen MR) is 88.9 cm³/mol. The minimum atomic E-state index is -0.264. The Balaban J connectivity index is 2.48. The summed E-state index contributed by atoms with van der Waals surface area (Å²) in [5, 5.41) is 0. The third kappa shape index (κ3) is 3.46. The molecular formula is C18H20BrFO. The number of ether oxygens (including phenoxy) is 1. The highest BCUT2D eigenvalue weighted by molar-refractivity contribution is 9.09. The van der Waals surface area contributed by atoms with E-state index in [-0.39, 0.29) is 16.1 Å². The molecule has 0 saturated carbocycles. The smallest absolute Gasteiger partial charge is 0.131 e. The molecule has 112 valence electrons. The molecule has 2 aromatic rings. The Morgan fingerprint density at radius 2 is 1.71 bits per heavy atom. The van der Waals surface area contributed by atoms with Crippen LogP contribution in [-0.4, -0.2) is 7.11 Å². The Morgan fingerprint density at radius 3 is 2.29 bits per heavy atom. The van der Waals surface area contributed by atoms with Crippen LogP contribution in [0.15, 0.2) is 42.5 Å². The number of hydrogen-bond acceptors (Lipinski definition) is 1. The monoisotopic (exact) mass is 350 g/mol. The maximum atomic E-state index is 14.3. The molecule has 0 heterocycles. The summed E-state index contributed by atoms with van der Waals surface area (Å²) >= 11 is 3.65. The Hall–Kier alpha value is -1.35. The second-order valence-corrected chi connectivity index (χ2v) is 7.00. The van der Waals surface area contributed by atoms with Gasteiger partial charge >= 0.3 is 0 Å². The fourth-order valence-corrected chi connectivity index (χ4v) is 3.18. The lowest BCUT2D eigenvalue weighted by atomic mass is 9.82. The minimum absolute atomic E-state index is 0.00552. The Kier molecular flexibility index (Phi) is 4.72. The summed E-state index contributed by atoms with van der Waals surface area (Å²) in [7, 11) is 1.54. The molecule has 21 heavy (non-hydrogen) atoms. The van der Waals surface area contributed by atoms with Gasteiger partial charge in [-0.25, -0.2) is 4.39 Å². The van der Waals surface area contributed by atoms with Crippen molar-refractivity contribution in [3.05, 3.63) is 65.0 Å². The summed E-state index contributed by atoms with van der Waals surface area (Å²) in [6.45, 7) is 6.49. The van der Waals surface area contributed by atoms with Crippen LogP contribution >= 0.6 is 15.9 Å². The fourth-order valence-electron chi connectivity index (χ4n) is 2.41. The third-order valence-corrected chi connectivity index (χ3v) is 4.51. The van der Waals surface area contributed by atoms with E-state index in [1.807, 2.05) is 18.2 Å². The fraction of sp³-hybridized carbons (Fsp3) is 0.333. The Labute approximate surface area is 134 Å². The van der Waals surface area contributed by atoms with E-state index in [1.165, 1.54) is 18.7 Å². The largest absolute Gasteiger partial charge is 0.497 e. The van der Waals surface area contributed by atoms with Crippen LogP contribution in [0, 0.1) is 5.82 Å². The summed E-state index contributed by atoms with van der Waals surface area (Å²) in [6.07, 6.45) is 0. The maximum Gasteiger partial charge on any atom is 0.131 e. The number of methoxy groups -OCH3 is 1. The van der Waals surface area contributed by atoms with Gasteiger partial charge in [-0.1, -0.05) is 67.0 Å². The number of alkyl halides is 1. The van der Waals surface area contributed by atoms with Gasteiger partial charge in [0.2, 0.25) is 0 Å². The van der Waals surface area contributed by atoms with Gasteiger partial charge in [0.05, 0.1) is 11.9 Å². The molecule has 0 N–H and O–H groups in total. The zero-order valence-electron chi connectivity index (χ0n) is 12.8. The first-order valence-electron chi connectivity index (χ1n) is 6.91. The van der Waals surface area contributed by atoms with Crippen LogP contribution in [0.25, 0.3) is 0 Å². The van der Waals surface area contributed by atoms with Crippen LogP contribution in [-0.2, 0) is 5.41 Å². The lowest BCUT2D eigenvalue weighted by Gasteiger charge is -2.25. The van der Waals surface area contributed by atoms with Gasteiger partial charge in [0.15, 0.2) is 0 Å². The van der Waals surface area contributed by atoms with Crippen molar-refractivity contribution in [2.24, 2.45) is 0 Å². The van der Waals surface area contributed by atoms with Gasteiger partial charge < -0.3 is 4.74 Å². The van der Waals surface area contributed by atoms with Crippen LogP contribution in [0.5, 0.6) is 5.75 Å². The molecule has 0 amide bonds. The summed E-state index contributed by atoms with van der Waals surface area (Å²) < 4.78 is 19.3. The number of halogens is 2.